The summed E-state index contributed by atoms with van der Waals surface area (Å²) in [6, 6.07) is 7.29. The second-order valence-electron chi connectivity index (χ2n) is 8.17. The van der Waals surface area contributed by atoms with Crippen molar-refractivity contribution in [1.29, 1.82) is 0 Å². The average molecular weight is 399 g/mol. The fraction of sp³-hybridized carbons (Fsp3) is 0.591. The number of nitrogens with one attached hydrogen (secondary N) is 1. The molecule has 1 aromatic heterocycles. The van der Waals surface area contributed by atoms with Crippen molar-refractivity contribution in [1.82, 2.24) is 19.8 Å². The number of fused-ring (bicyclic) bond motifs is 1. The molecule has 0 unspecified atom stereocenters. The van der Waals surface area contributed by atoms with Gasteiger partial charge in [-0.15, -0.1) is 0 Å². The quantitative estimate of drug-likeness (QED) is 0.805. The highest BCUT2D eigenvalue weighted by molar-refractivity contribution is 5.77. The van der Waals surface area contributed by atoms with Gasteiger partial charge in [-0.2, -0.15) is 0 Å². The molecule has 0 spiro atoms. The number of aromatic nitrogens is 2. The van der Waals surface area contributed by atoms with Gasteiger partial charge in [0.25, 0.3) is 5.56 Å². The van der Waals surface area contributed by atoms with E-state index in [1.165, 1.54) is 30.2 Å². The summed E-state index contributed by atoms with van der Waals surface area (Å²) >= 11 is 0. The lowest BCUT2D eigenvalue weighted by atomic mass is 9.79. The Morgan fingerprint density at radius 2 is 1.90 bits per heavy atom. The van der Waals surface area contributed by atoms with Crippen molar-refractivity contribution in [2.45, 2.75) is 50.6 Å². The zero-order chi connectivity index (χ0) is 20.1. The van der Waals surface area contributed by atoms with E-state index in [0.717, 1.165) is 39.1 Å². The molecule has 7 heteroatoms. The van der Waals surface area contributed by atoms with Gasteiger partial charge in [-0.25, -0.2) is 4.98 Å². The molecule has 1 saturated carbocycles. The Balaban J connectivity index is 1.36. The minimum absolute atomic E-state index is 0.0109. The number of hydrogen-bond acceptors (Lipinski definition) is 5. The summed E-state index contributed by atoms with van der Waals surface area (Å²) in [4.78, 5) is 32.0. The molecule has 2 heterocycles. The molecule has 0 bridgehead atoms. The van der Waals surface area contributed by atoms with Crippen molar-refractivity contribution < 1.29 is 9.53 Å². The summed E-state index contributed by atoms with van der Waals surface area (Å²) in [5.41, 5.74) is 0.641. The summed E-state index contributed by atoms with van der Waals surface area (Å²) < 4.78 is 7.05. The highest BCUT2D eigenvalue weighted by Crippen LogP contribution is 2.33. The van der Waals surface area contributed by atoms with Crippen molar-refractivity contribution in [3.05, 3.63) is 40.9 Å². The third-order valence-corrected chi connectivity index (χ3v) is 6.39. The van der Waals surface area contributed by atoms with E-state index in [2.05, 4.69) is 15.2 Å². The van der Waals surface area contributed by atoms with Gasteiger partial charge in [-0.1, -0.05) is 31.4 Å². The smallest absolute Gasteiger partial charge is 0.261 e. The van der Waals surface area contributed by atoms with Crippen molar-refractivity contribution in [2.75, 3.05) is 32.8 Å². The fourth-order valence-electron chi connectivity index (χ4n) is 4.69. The van der Waals surface area contributed by atoms with E-state index in [0.29, 0.717) is 24.0 Å². The van der Waals surface area contributed by atoms with Crippen molar-refractivity contribution in [2.24, 2.45) is 0 Å². The minimum Gasteiger partial charge on any atom is -0.379 e. The Hall–Kier alpha value is -2.25. The van der Waals surface area contributed by atoms with Crippen LogP contribution in [-0.4, -0.2) is 58.7 Å². The number of benzene rings is 1. The van der Waals surface area contributed by atoms with E-state index in [1.54, 1.807) is 6.07 Å². The molecule has 7 nitrogen and oxygen atoms in total. The summed E-state index contributed by atoms with van der Waals surface area (Å²) in [6.45, 7) is 4.44. The van der Waals surface area contributed by atoms with Gasteiger partial charge in [-0.3, -0.25) is 19.1 Å². The average Bonchev–Trinajstić information content (AvgIpc) is 2.79. The number of rotatable bonds is 6. The highest BCUT2D eigenvalue weighted by atomic mass is 16.5. The topological polar surface area (TPSA) is 76.5 Å². The predicted molar refractivity (Wildman–Crippen MR) is 112 cm³/mol. The molecule has 1 N–H and O–H groups in total. The summed E-state index contributed by atoms with van der Waals surface area (Å²) in [7, 11) is 0. The Morgan fingerprint density at radius 1 is 1.14 bits per heavy atom. The fourth-order valence-corrected chi connectivity index (χ4v) is 4.69. The minimum atomic E-state index is -0.0968. The monoisotopic (exact) mass is 398 g/mol. The number of para-hydroxylation sites is 1. The van der Waals surface area contributed by atoms with Crippen LogP contribution in [0.15, 0.2) is 35.4 Å². The van der Waals surface area contributed by atoms with Crippen LogP contribution in [0.1, 0.15) is 38.5 Å². The second kappa shape index (κ2) is 9.05. The van der Waals surface area contributed by atoms with E-state index in [4.69, 9.17) is 4.74 Å². The van der Waals surface area contributed by atoms with Gasteiger partial charge in [0.1, 0.15) is 0 Å². The van der Waals surface area contributed by atoms with Crippen molar-refractivity contribution in [3.8, 4) is 0 Å². The molecule has 1 aromatic carbocycles. The van der Waals surface area contributed by atoms with Crippen LogP contribution < -0.4 is 10.9 Å². The third kappa shape index (κ3) is 4.51. The van der Waals surface area contributed by atoms with Gasteiger partial charge >= 0.3 is 0 Å². The summed E-state index contributed by atoms with van der Waals surface area (Å²) in [5, 5.41) is 3.75. The van der Waals surface area contributed by atoms with Gasteiger partial charge in [0.15, 0.2) is 0 Å². The number of aryl methyl sites for hydroxylation is 1. The van der Waals surface area contributed by atoms with Crippen LogP contribution in [0.3, 0.4) is 0 Å². The van der Waals surface area contributed by atoms with Crippen molar-refractivity contribution in [3.63, 3.8) is 0 Å². The van der Waals surface area contributed by atoms with E-state index in [9.17, 15) is 9.59 Å². The molecular weight excluding hydrogens is 368 g/mol. The van der Waals surface area contributed by atoms with E-state index >= 15 is 0 Å². The van der Waals surface area contributed by atoms with Gasteiger partial charge in [-0.05, 0) is 25.0 Å². The maximum absolute atomic E-state index is 12.6. The number of hydrogen-bond donors (Lipinski definition) is 1. The zero-order valence-corrected chi connectivity index (χ0v) is 16.9. The first kappa shape index (κ1) is 20.0. The lowest BCUT2D eigenvalue weighted by Crippen LogP contribution is -2.59. The van der Waals surface area contributed by atoms with Crippen LogP contribution in [0, 0.1) is 0 Å². The van der Waals surface area contributed by atoms with Gasteiger partial charge < -0.3 is 10.1 Å². The molecule has 2 fully saturated rings. The van der Waals surface area contributed by atoms with Crippen LogP contribution in [0.5, 0.6) is 0 Å². The van der Waals surface area contributed by atoms with Crippen LogP contribution in [0.4, 0.5) is 0 Å². The molecule has 1 amide bonds. The molecule has 1 saturated heterocycles. The van der Waals surface area contributed by atoms with Crippen LogP contribution >= 0.6 is 0 Å². The highest BCUT2D eigenvalue weighted by Gasteiger charge is 2.38. The SMILES string of the molecule is O=C(CCn1cnc2ccccc2c1=O)NCC1(N2CCOCC2)CCCCC1. The maximum Gasteiger partial charge on any atom is 0.261 e. The Labute approximate surface area is 171 Å². The Bertz CT molecular complexity index is 898. The Morgan fingerprint density at radius 3 is 2.69 bits per heavy atom. The molecule has 2 aliphatic rings. The molecule has 2 aromatic rings. The second-order valence-corrected chi connectivity index (χ2v) is 8.17. The molecule has 1 aliphatic carbocycles. The van der Waals surface area contributed by atoms with Gasteiger partial charge in [0.2, 0.25) is 5.91 Å². The lowest BCUT2D eigenvalue weighted by molar-refractivity contribution is -0.122. The number of carbonyl (C=O) groups excluding carboxylic acids is 1. The zero-order valence-electron chi connectivity index (χ0n) is 16.9. The molecule has 29 heavy (non-hydrogen) atoms. The predicted octanol–water partition coefficient (Wildman–Crippen LogP) is 1.94. The van der Waals surface area contributed by atoms with Gasteiger partial charge in [0.05, 0.1) is 30.4 Å². The number of amides is 1. The van der Waals surface area contributed by atoms with Crippen molar-refractivity contribution >= 4 is 16.8 Å². The molecule has 4 rings (SSSR count). The molecule has 156 valence electrons. The normalized spacial score (nSPS) is 19.9. The largest absolute Gasteiger partial charge is 0.379 e. The summed E-state index contributed by atoms with van der Waals surface area (Å²) in [6.07, 6.45) is 7.77. The standard InChI is InChI=1S/C22H30N4O3/c27-20(8-11-25-17-24-19-7-3-2-6-18(19)21(25)28)23-16-22(9-4-1-5-10-22)26-12-14-29-15-13-26/h2-3,6-7,17H,1,4-5,8-16H2,(H,23,27). The number of nitrogens with zero attached hydrogens (tertiary/aromatic N) is 3. The first-order valence-corrected chi connectivity index (χ1v) is 10.7. The molecular formula is C22H30N4O3. The van der Waals surface area contributed by atoms with Gasteiger partial charge in [0, 0.05) is 38.1 Å². The van der Waals surface area contributed by atoms with E-state index in [1.807, 2.05) is 18.2 Å². The number of morpholine rings is 1. The molecule has 0 radical (unpaired) electrons. The van der Waals surface area contributed by atoms with Crippen LogP contribution in [-0.2, 0) is 16.1 Å². The van der Waals surface area contributed by atoms with Crippen LogP contribution in [0.2, 0.25) is 0 Å². The summed E-state index contributed by atoms with van der Waals surface area (Å²) in [5.74, 6) is -0.0109. The van der Waals surface area contributed by atoms with Crippen LogP contribution in [0.25, 0.3) is 10.9 Å². The van der Waals surface area contributed by atoms with E-state index in [-0.39, 0.29) is 23.4 Å². The number of ether oxygens (including phenoxy) is 1. The first-order chi connectivity index (χ1) is 14.2. The maximum atomic E-state index is 12.6. The molecule has 1 aliphatic heterocycles. The number of carbonyl (C=O) groups is 1. The molecule has 0 atom stereocenters. The lowest BCUT2D eigenvalue weighted by Gasteiger charge is -2.48. The first-order valence-electron chi connectivity index (χ1n) is 10.7. The Kier molecular flexibility index (Phi) is 6.25. The third-order valence-electron chi connectivity index (χ3n) is 6.39. The van der Waals surface area contributed by atoms with E-state index < -0.39 is 0 Å².